The fourth-order valence-corrected chi connectivity index (χ4v) is 8.22. The molecule has 0 unspecified atom stereocenters. The monoisotopic (exact) mass is 600 g/mol. The van der Waals surface area contributed by atoms with Crippen LogP contribution in [0.3, 0.4) is 0 Å². The SMILES string of the molecule is CCN1C(=O)[C@@H](NC(=O)[C@@H]2CCc3nccc(=O)n32)[C@@H](C2CC2)c2c(C(=O)N3[C@H](C#N)C[C@H]4C[C@H]43)nn(C3CCOCC3)c21. The number of nitrogens with zero attached hydrogens (tertiary/aromatic N) is 7. The summed E-state index contributed by atoms with van der Waals surface area (Å²) in [6.07, 6.45) is 7.12. The molecule has 44 heavy (non-hydrogen) atoms. The summed E-state index contributed by atoms with van der Waals surface area (Å²) in [6, 6.07) is 1.53. The Morgan fingerprint density at radius 2 is 1.91 bits per heavy atom. The van der Waals surface area contributed by atoms with Crippen LogP contribution >= 0.6 is 0 Å². The van der Waals surface area contributed by atoms with Gasteiger partial charge in [0, 0.05) is 56.0 Å². The number of likely N-dealkylation sites (N-methyl/N-ethyl adjacent to an activating group) is 1. The number of anilines is 1. The normalized spacial score (nSPS) is 30.9. The number of amides is 3. The number of carbonyl (C=O) groups is 3. The second-order valence-corrected chi connectivity index (χ2v) is 13.1. The van der Waals surface area contributed by atoms with Crippen LogP contribution in [0.2, 0.25) is 0 Å². The average Bonchev–Trinajstić information content (AvgIpc) is 3.90. The molecular weight excluding hydrogens is 564 g/mol. The average molecular weight is 601 g/mol. The number of nitriles is 1. The number of fused-ring (bicyclic) bond motifs is 3. The van der Waals surface area contributed by atoms with E-state index < -0.39 is 30.0 Å². The van der Waals surface area contributed by atoms with Crippen LogP contribution < -0.4 is 15.8 Å². The summed E-state index contributed by atoms with van der Waals surface area (Å²) in [5.41, 5.74) is 0.718. The van der Waals surface area contributed by atoms with Gasteiger partial charge in [0.1, 0.15) is 29.8 Å². The maximum Gasteiger partial charge on any atom is 0.276 e. The van der Waals surface area contributed by atoms with Gasteiger partial charge >= 0.3 is 0 Å². The Hall–Kier alpha value is -4.05. The number of likely N-dealkylation sites (tertiary alicyclic amines) is 1. The Morgan fingerprint density at radius 3 is 2.64 bits per heavy atom. The maximum absolute atomic E-state index is 14.4. The fraction of sp³-hybridized carbons (Fsp3) is 0.645. The zero-order chi connectivity index (χ0) is 30.3. The standard InChI is InChI=1S/C31H36N8O5/c1-2-36-29-25(27(35-39(29)18-8-11-44-12-9-18)31(43)37-19(15-32)13-17-14-21(17)37)24(16-3-4-16)26(30(36)42)34-28(41)20-5-6-22-33-10-7-23(40)38(20)22/h7,10,16-21,24,26H,2-6,8-9,11-14H2,1H3,(H,34,41)/t17-,19-,20-,21+,24-,26-/m0/s1. The van der Waals surface area contributed by atoms with E-state index in [-0.39, 0.29) is 35.4 Å². The molecule has 13 heteroatoms. The Labute approximate surface area is 254 Å². The van der Waals surface area contributed by atoms with Crippen LogP contribution in [0, 0.1) is 23.2 Å². The zero-order valence-electron chi connectivity index (χ0n) is 24.7. The highest BCUT2D eigenvalue weighted by Crippen LogP contribution is 2.53. The van der Waals surface area contributed by atoms with Crippen molar-refractivity contribution in [2.45, 2.75) is 94.4 Å². The lowest BCUT2D eigenvalue weighted by atomic mass is 9.82. The highest BCUT2D eigenvalue weighted by molar-refractivity contribution is 6.06. The number of hydrogen-bond acceptors (Lipinski definition) is 8. The van der Waals surface area contributed by atoms with Crippen molar-refractivity contribution in [1.82, 2.24) is 29.5 Å². The predicted octanol–water partition coefficient (Wildman–Crippen LogP) is 1.45. The van der Waals surface area contributed by atoms with Crippen LogP contribution in [0.5, 0.6) is 0 Å². The van der Waals surface area contributed by atoms with E-state index >= 15 is 0 Å². The third kappa shape index (κ3) is 4.13. The molecule has 2 aromatic heterocycles. The van der Waals surface area contributed by atoms with Gasteiger partial charge in [0.05, 0.1) is 12.1 Å². The molecule has 2 aliphatic carbocycles. The van der Waals surface area contributed by atoms with Crippen molar-refractivity contribution in [3.8, 4) is 6.07 Å². The van der Waals surface area contributed by atoms with E-state index in [0.29, 0.717) is 80.7 Å². The molecule has 8 rings (SSSR count). The van der Waals surface area contributed by atoms with Gasteiger partial charge in [0.25, 0.3) is 17.4 Å². The first kappa shape index (κ1) is 27.5. The second-order valence-electron chi connectivity index (χ2n) is 13.1. The van der Waals surface area contributed by atoms with E-state index in [1.165, 1.54) is 16.8 Å². The number of aromatic nitrogens is 4. The van der Waals surface area contributed by atoms with Crippen LogP contribution in [-0.2, 0) is 20.7 Å². The molecular formula is C31H36N8O5. The van der Waals surface area contributed by atoms with Crippen LogP contribution in [-0.4, -0.2) is 79.8 Å². The fourth-order valence-electron chi connectivity index (χ4n) is 8.22. The molecule has 230 valence electrons. The summed E-state index contributed by atoms with van der Waals surface area (Å²) in [4.78, 5) is 63.0. The number of carbonyl (C=O) groups excluding carboxylic acids is 3. The molecule has 0 aromatic carbocycles. The minimum atomic E-state index is -0.906. The van der Waals surface area contributed by atoms with E-state index in [9.17, 15) is 24.4 Å². The minimum absolute atomic E-state index is 0.0414. The molecule has 6 heterocycles. The molecule has 1 N–H and O–H groups in total. The van der Waals surface area contributed by atoms with Crippen molar-refractivity contribution in [3.63, 3.8) is 0 Å². The van der Waals surface area contributed by atoms with Gasteiger partial charge < -0.3 is 15.0 Å². The van der Waals surface area contributed by atoms with E-state index in [1.807, 2.05) is 11.6 Å². The molecule has 4 aliphatic heterocycles. The van der Waals surface area contributed by atoms with E-state index in [4.69, 9.17) is 9.84 Å². The van der Waals surface area contributed by atoms with E-state index in [0.717, 1.165) is 19.3 Å². The molecule has 2 saturated carbocycles. The first-order chi connectivity index (χ1) is 21.4. The maximum atomic E-state index is 14.4. The molecule has 0 spiro atoms. The Bertz CT molecular complexity index is 1650. The lowest BCUT2D eigenvalue weighted by Crippen LogP contribution is -2.57. The summed E-state index contributed by atoms with van der Waals surface area (Å²) in [6.45, 7) is 3.36. The van der Waals surface area contributed by atoms with Crippen molar-refractivity contribution < 1.29 is 19.1 Å². The van der Waals surface area contributed by atoms with Gasteiger partial charge in [-0.05, 0) is 63.7 Å². The second kappa shape index (κ2) is 10.3. The van der Waals surface area contributed by atoms with Gasteiger partial charge in [0.2, 0.25) is 5.91 Å². The van der Waals surface area contributed by atoms with Gasteiger partial charge in [-0.25, -0.2) is 9.67 Å². The number of hydrogen-bond donors (Lipinski definition) is 1. The smallest absolute Gasteiger partial charge is 0.276 e. The molecule has 6 aliphatic rings. The molecule has 0 bridgehead atoms. The van der Waals surface area contributed by atoms with Gasteiger partial charge in [0.15, 0.2) is 5.69 Å². The lowest BCUT2D eigenvalue weighted by molar-refractivity contribution is -0.130. The lowest BCUT2D eigenvalue weighted by Gasteiger charge is -2.40. The summed E-state index contributed by atoms with van der Waals surface area (Å²) < 4.78 is 8.93. The van der Waals surface area contributed by atoms with E-state index in [2.05, 4.69) is 16.4 Å². The summed E-state index contributed by atoms with van der Waals surface area (Å²) in [5.74, 6) is 0.328. The number of piperidine rings is 1. The number of ether oxygens (including phenoxy) is 1. The number of rotatable bonds is 6. The van der Waals surface area contributed by atoms with Gasteiger partial charge in [-0.1, -0.05) is 0 Å². The summed E-state index contributed by atoms with van der Waals surface area (Å²) in [5, 5.41) is 18.0. The highest BCUT2D eigenvalue weighted by atomic mass is 16.5. The van der Waals surface area contributed by atoms with Gasteiger partial charge in [-0.15, -0.1) is 0 Å². The van der Waals surface area contributed by atoms with Crippen LogP contribution in [0.4, 0.5) is 5.82 Å². The molecule has 2 saturated heterocycles. The van der Waals surface area contributed by atoms with E-state index in [1.54, 1.807) is 9.80 Å². The van der Waals surface area contributed by atoms with Crippen molar-refractivity contribution in [2.75, 3.05) is 24.7 Å². The first-order valence-corrected chi connectivity index (χ1v) is 16.0. The van der Waals surface area contributed by atoms with Crippen LogP contribution in [0.15, 0.2) is 17.1 Å². The largest absolute Gasteiger partial charge is 0.381 e. The Balaban J connectivity index is 1.23. The van der Waals surface area contributed by atoms with Crippen molar-refractivity contribution in [2.24, 2.45) is 11.8 Å². The third-order valence-corrected chi connectivity index (χ3v) is 10.6. The summed E-state index contributed by atoms with van der Waals surface area (Å²) in [7, 11) is 0. The van der Waals surface area contributed by atoms with Crippen LogP contribution in [0.25, 0.3) is 0 Å². The highest BCUT2D eigenvalue weighted by Gasteiger charge is 2.57. The number of aryl methyl sites for hydroxylation is 1. The molecule has 4 fully saturated rings. The topological polar surface area (TPSA) is 155 Å². The quantitative estimate of drug-likeness (QED) is 0.522. The zero-order valence-corrected chi connectivity index (χ0v) is 24.7. The Morgan fingerprint density at radius 1 is 1.11 bits per heavy atom. The van der Waals surface area contributed by atoms with Gasteiger partial charge in [-0.3, -0.25) is 28.6 Å². The molecule has 0 radical (unpaired) electrons. The van der Waals surface area contributed by atoms with Crippen LogP contribution in [0.1, 0.15) is 91.7 Å². The third-order valence-electron chi connectivity index (χ3n) is 10.6. The number of nitrogens with one attached hydrogen (secondary N) is 1. The minimum Gasteiger partial charge on any atom is -0.381 e. The summed E-state index contributed by atoms with van der Waals surface area (Å²) >= 11 is 0. The van der Waals surface area contributed by atoms with Crippen molar-refractivity contribution in [3.05, 3.63) is 39.7 Å². The molecule has 3 amide bonds. The first-order valence-electron chi connectivity index (χ1n) is 16.0. The molecule has 13 nitrogen and oxygen atoms in total. The molecule has 6 atom stereocenters. The van der Waals surface area contributed by atoms with Gasteiger partial charge in [-0.2, -0.15) is 10.4 Å². The van der Waals surface area contributed by atoms with Crippen molar-refractivity contribution >= 4 is 23.5 Å². The predicted molar refractivity (Wildman–Crippen MR) is 155 cm³/mol. The van der Waals surface area contributed by atoms with Crippen molar-refractivity contribution in [1.29, 1.82) is 5.26 Å². The molecule has 2 aromatic rings. The Kier molecular flexibility index (Phi) is 6.41.